The molecule has 0 aliphatic carbocycles. The predicted molar refractivity (Wildman–Crippen MR) is 20.7 cm³/mol. The normalized spacial score (nSPS) is 2.50. The molecule has 2 radical (unpaired) electrons. The van der Waals surface area contributed by atoms with Gasteiger partial charge in [0.1, 0.15) is 0 Å². The summed E-state index contributed by atoms with van der Waals surface area (Å²) in [4.78, 5) is 0. The molecule has 0 aromatic carbocycles. The number of hydrogen-bond donors (Lipinski definition) is 0. The van der Waals surface area contributed by atoms with E-state index >= 15 is 0 Å². The van der Waals surface area contributed by atoms with Crippen LogP contribution in [0.1, 0.15) is 0 Å². The van der Waals surface area contributed by atoms with E-state index in [-0.39, 0.29) is 0 Å². The molecule has 0 aliphatic rings. The topological polar surface area (TPSA) is 85.3 Å². The fraction of sp³-hybridized carbons (Fsp3) is 0. The van der Waals surface area contributed by atoms with Crippen LogP contribution in [0.4, 0.5) is 0 Å². The van der Waals surface area contributed by atoms with Gasteiger partial charge in [-0.15, -0.1) is 0 Å². The molecule has 0 heterocycles. The zero-order valence-corrected chi connectivity index (χ0v) is 6.54. The quantitative estimate of drug-likeness (QED) is 0.397. The molecule has 0 aliphatic heterocycles. The lowest BCUT2D eigenvalue weighted by molar-refractivity contribution is 0.496. The zero-order chi connectivity index (χ0) is 7.41. The average Bonchev–Trinajstić information content (AvgIpc) is 1.75. The third kappa shape index (κ3) is 1000. The molecule has 0 bridgehead atoms. The van der Waals surface area contributed by atoms with E-state index in [1.807, 2.05) is 0 Å². The van der Waals surface area contributed by atoms with E-state index in [9.17, 15) is 0 Å². The van der Waals surface area contributed by atoms with Gasteiger partial charge >= 0.3 is 28.7 Å². The van der Waals surface area contributed by atoms with Crippen LogP contribution in [0.3, 0.4) is 0 Å². The molecule has 0 saturated carbocycles. The predicted octanol–water partition coefficient (Wildman–Crippen LogP) is -1.74. The Balaban J connectivity index is -0.0000000483. The first-order valence-electron chi connectivity index (χ1n) is 1.02. The first kappa shape index (κ1) is 15.6. The Morgan fingerprint density at radius 1 is 0.750 bits per heavy atom. The van der Waals surface area contributed by atoms with E-state index in [1.165, 1.54) is 0 Å². The van der Waals surface area contributed by atoms with Gasteiger partial charge in [-0.3, -0.25) is 17.8 Å². The Labute approximate surface area is 51.8 Å². The summed E-state index contributed by atoms with van der Waals surface area (Å²) in [5.74, 6) is 0. The van der Waals surface area contributed by atoms with Crippen molar-refractivity contribution in [3.63, 3.8) is 0 Å². The highest BCUT2D eigenvalue weighted by Gasteiger charge is 1.22. The summed E-state index contributed by atoms with van der Waals surface area (Å²) in [6, 6.07) is 0. The van der Waals surface area contributed by atoms with E-state index in [1.54, 1.807) is 10.1 Å². The lowest BCUT2D eigenvalue weighted by Crippen LogP contribution is -1.26. The van der Waals surface area contributed by atoms with E-state index in [2.05, 4.69) is 0 Å². The van der Waals surface area contributed by atoms with E-state index in [0.717, 1.165) is 0 Å². The average molecular weight is 164 g/mol. The second-order valence-corrected chi connectivity index (χ2v) is 0.500. The monoisotopic (exact) mass is 164 g/mol. The minimum atomic E-state index is -1.42. The third-order valence-electron chi connectivity index (χ3n) is 0. The highest BCUT2D eigenvalue weighted by molar-refractivity contribution is 5.95. The molecule has 0 saturated heterocycles. The number of hydrogen-bond acceptors (Lipinski definition) is 5. The SMILES string of the molecule is O=[Si].O=[Si]=O.O=[Si]=O. The Bertz CT molecular complexity index is 71.8. The van der Waals surface area contributed by atoms with E-state index in [4.69, 9.17) is 22.3 Å². The van der Waals surface area contributed by atoms with E-state index in [0.29, 0.717) is 0 Å². The van der Waals surface area contributed by atoms with Crippen LogP contribution in [0.2, 0.25) is 0 Å². The molecular formula is O5Si3. The summed E-state index contributed by atoms with van der Waals surface area (Å²) in [5.41, 5.74) is 0. The number of rotatable bonds is 0. The Morgan fingerprint density at radius 3 is 0.750 bits per heavy atom. The third-order valence-corrected chi connectivity index (χ3v) is 0. The fourth-order valence-electron chi connectivity index (χ4n) is 0. The van der Waals surface area contributed by atoms with Gasteiger partial charge in [0.25, 0.3) is 0 Å². The van der Waals surface area contributed by atoms with Crippen molar-refractivity contribution in [3.05, 3.63) is 0 Å². The lowest BCUT2D eigenvalue weighted by Gasteiger charge is -0.944. The van der Waals surface area contributed by atoms with Crippen LogP contribution in [0.5, 0.6) is 0 Å². The van der Waals surface area contributed by atoms with Crippen molar-refractivity contribution in [2.45, 2.75) is 0 Å². The van der Waals surface area contributed by atoms with Crippen molar-refractivity contribution in [3.8, 4) is 0 Å². The van der Waals surface area contributed by atoms with Crippen LogP contribution >= 0.6 is 0 Å². The molecule has 0 spiro atoms. The van der Waals surface area contributed by atoms with Crippen LogP contribution in [0.15, 0.2) is 0 Å². The largest absolute Gasteiger partial charge is 0.549 e. The molecule has 5 nitrogen and oxygen atoms in total. The van der Waals surface area contributed by atoms with Gasteiger partial charge in [0.2, 0.25) is 0 Å². The van der Waals surface area contributed by atoms with Gasteiger partial charge in [-0.1, -0.05) is 0 Å². The van der Waals surface area contributed by atoms with Crippen molar-refractivity contribution in [2.24, 2.45) is 0 Å². The van der Waals surface area contributed by atoms with Gasteiger partial charge in [-0.05, 0) is 0 Å². The molecule has 42 valence electrons. The molecule has 0 amide bonds. The molecule has 0 N–H and O–H groups in total. The standard InChI is InChI=1S/2O2Si.OSi/c2*1-3-2;1-2. The van der Waals surface area contributed by atoms with Gasteiger partial charge in [-0.2, -0.15) is 0 Å². The lowest BCUT2D eigenvalue weighted by atomic mass is 15.9. The molecule has 8 heteroatoms. The fourth-order valence-corrected chi connectivity index (χ4v) is 0. The van der Waals surface area contributed by atoms with Gasteiger partial charge < -0.3 is 4.46 Å². The van der Waals surface area contributed by atoms with Gasteiger partial charge in [0, 0.05) is 0 Å². The second kappa shape index (κ2) is 77.9. The summed E-state index contributed by atoms with van der Waals surface area (Å²) in [6.07, 6.45) is 0. The summed E-state index contributed by atoms with van der Waals surface area (Å²) < 4.78 is 41.7. The molecule has 0 aromatic heterocycles. The van der Waals surface area contributed by atoms with Crippen LogP contribution < -0.4 is 0 Å². The van der Waals surface area contributed by atoms with Crippen LogP contribution in [-0.2, 0) is 22.3 Å². The van der Waals surface area contributed by atoms with Crippen LogP contribution in [0, 0.1) is 0 Å². The summed E-state index contributed by atoms with van der Waals surface area (Å²) in [7, 11) is -1.11. The van der Waals surface area contributed by atoms with Gasteiger partial charge in [0.15, 0.2) is 0 Å². The van der Waals surface area contributed by atoms with Gasteiger partial charge in [-0.25, -0.2) is 0 Å². The Hall–Kier alpha value is -0.349. The zero-order valence-electron chi connectivity index (χ0n) is 3.54. The molecule has 0 unspecified atom stereocenters. The van der Waals surface area contributed by atoms with Crippen molar-refractivity contribution < 1.29 is 22.3 Å². The molecule has 0 aromatic rings. The Morgan fingerprint density at radius 2 is 0.750 bits per heavy atom. The minimum Gasteiger partial charge on any atom is -0.381 e. The smallest absolute Gasteiger partial charge is 0.381 e. The minimum absolute atomic E-state index is 1.42. The highest BCUT2D eigenvalue weighted by Crippen LogP contribution is 0.762. The van der Waals surface area contributed by atoms with Crippen molar-refractivity contribution in [1.82, 2.24) is 0 Å². The molecule has 0 rings (SSSR count). The first-order valence-corrected chi connectivity index (χ1v) is 3.06. The summed E-state index contributed by atoms with van der Waals surface area (Å²) in [6.45, 7) is 0. The van der Waals surface area contributed by atoms with Crippen molar-refractivity contribution in [2.75, 3.05) is 0 Å². The maximum atomic E-state index is 8.40. The first-order chi connectivity index (χ1) is 3.83. The molecule has 0 fully saturated rings. The molecule has 0 atom stereocenters. The maximum absolute atomic E-state index is 8.40. The highest BCUT2D eigenvalue weighted by atomic mass is 28.2. The summed E-state index contributed by atoms with van der Waals surface area (Å²) >= 11 is 0. The maximum Gasteiger partial charge on any atom is 0.549 e. The van der Waals surface area contributed by atoms with Crippen LogP contribution in [-0.4, -0.2) is 28.7 Å². The molecule has 8 heavy (non-hydrogen) atoms. The molecular weight excluding hydrogens is 164 g/mol. The van der Waals surface area contributed by atoms with E-state index < -0.39 is 18.6 Å². The summed E-state index contributed by atoms with van der Waals surface area (Å²) in [5, 5.41) is 0. The van der Waals surface area contributed by atoms with Gasteiger partial charge in [0.05, 0.1) is 0 Å². The van der Waals surface area contributed by atoms with Crippen molar-refractivity contribution >= 4 is 28.7 Å². The van der Waals surface area contributed by atoms with Crippen LogP contribution in [0.25, 0.3) is 0 Å². The second-order valence-electron chi connectivity index (χ2n) is 0.167. The Kier molecular flexibility index (Phi) is 152. The van der Waals surface area contributed by atoms with Crippen molar-refractivity contribution in [1.29, 1.82) is 0 Å².